The molecule has 188 valence electrons. The highest BCUT2D eigenvalue weighted by Gasteiger charge is 2.29. The van der Waals surface area contributed by atoms with Crippen LogP contribution in [0.5, 0.6) is 0 Å². The van der Waals surface area contributed by atoms with Crippen molar-refractivity contribution in [3.63, 3.8) is 0 Å². The first-order chi connectivity index (χ1) is 17.5. The third-order valence-corrected chi connectivity index (χ3v) is 6.95. The van der Waals surface area contributed by atoms with E-state index in [1.54, 1.807) is 6.07 Å². The van der Waals surface area contributed by atoms with Crippen molar-refractivity contribution >= 4 is 28.7 Å². The Kier molecular flexibility index (Phi) is 8.66. The highest BCUT2D eigenvalue weighted by molar-refractivity contribution is 6.00. The van der Waals surface area contributed by atoms with E-state index >= 15 is 0 Å². The molecule has 0 saturated heterocycles. The number of fused-ring (bicyclic) bond motifs is 1. The summed E-state index contributed by atoms with van der Waals surface area (Å²) in [5.41, 5.74) is 2.16. The van der Waals surface area contributed by atoms with E-state index in [0.717, 1.165) is 42.1 Å². The van der Waals surface area contributed by atoms with Gasteiger partial charge >= 0.3 is 5.97 Å². The summed E-state index contributed by atoms with van der Waals surface area (Å²) in [4.78, 5) is 42.7. The van der Waals surface area contributed by atoms with Crippen LogP contribution in [0.4, 0.5) is 0 Å². The normalized spacial score (nSPS) is 15.7. The molecule has 7 heteroatoms. The van der Waals surface area contributed by atoms with Gasteiger partial charge < -0.3 is 15.7 Å². The van der Waals surface area contributed by atoms with Crippen molar-refractivity contribution in [2.75, 3.05) is 0 Å². The molecule has 1 saturated carbocycles. The number of para-hydroxylation sites is 1. The van der Waals surface area contributed by atoms with Crippen LogP contribution in [0.15, 0.2) is 66.9 Å². The van der Waals surface area contributed by atoms with Crippen LogP contribution in [0.2, 0.25) is 0 Å². The van der Waals surface area contributed by atoms with Crippen LogP contribution in [-0.4, -0.2) is 40.0 Å². The number of pyridine rings is 1. The molecule has 2 amide bonds. The molecule has 0 unspecified atom stereocenters. The summed E-state index contributed by atoms with van der Waals surface area (Å²) in [6, 6.07) is 17.1. The van der Waals surface area contributed by atoms with Crippen LogP contribution < -0.4 is 10.6 Å². The van der Waals surface area contributed by atoms with Crippen molar-refractivity contribution in [1.29, 1.82) is 0 Å². The lowest BCUT2D eigenvalue weighted by Crippen LogP contribution is -2.52. The van der Waals surface area contributed by atoms with Gasteiger partial charge in [-0.05, 0) is 42.9 Å². The number of benzene rings is 2. The third kappa shape index (κ3) is 6.90. The highest BCUT2D eigenvalue weighted by atomic mass is 16.4. The zero-order chi connectivity index (χ0) is 25.3. The minimum absolute atomic E-state index is 0.293. The van der Waals surface area contributed by atoms with Crippen molar-refractivity contribution in [2.24, 2.45) is 5.92 Å². The smallest absolute Gasteiger partial charge is 0.326 e. The largest absolute Gasteiger partial charge is 0.480 e. The maximum atomic E-state index is 13.3. The number of carboxylic acids is 1. The predicted molar refractivity (Wildman–Crippen MR) is 139 cm³/mol. The molecule has 4 rings (SSSR count). The molecular formula is C29H33N3O4. The Bertz CT molecular complexity index is 1190. The van der Waals surface area contributed by atoms with Gasteiger partial charge in [0, 0.05) is 11.6 Å². The summed E-state index contributed by atoms with van der Waals surface area (Å²) in [7, 11) is 0. The first kappa shape index (κ1) is 25.4. The van der Waals surface area contributed by atoms with Crippen LogP contribution in [-0.2, 0) is 16.0 Å². The molecule has 1 aliphatic carbocycles. The zero-order valence-electron chi connectivity index (χ0n) is 20.4. The molecule has 0 bridgehead atoms. The predicted octanol–water partition coefficient (Wildman–Crippen LogP) is 4.51. The zero-order valence-corrected chi connectivity index (χ0v) is 20.4. The second-order valence-electron chi connectivity index (χ2n) is 9.61. The molecule has 2 aromatic carbocycles. The summed E-state index contributed by atoms with van der Waals surface area (Å²) in [5, 5.41) is 16.2. The van der Waals surface area contributed by atoms with Crippen molar-refractivity contribution < 1.29 is 19.5 Å². The van der Waals surface area contributed by atoms with Gasteiger partial charge in [-0.1, -0.05) is 80.6 Å². The number of carbonyl (C=O) groups is 3. The standard InChI is InChI=1S/C29H33N3O4/c33-27(23-18-22-13-7-8-14-24(22)30-19-23)31-25(16-15-20-9-3-1-4-10-20)28(34)32-26(29(35)36)17-21-11-5-2-6-12-21/h1,3-4,7-10,13-14,18-19,21,25-26H,2,5-6,11-12,15-17H2,(H,31,33)(H,32,34)(H,35,36)/t25-,26-/m0/s1. The summed E-state index contributed by atoms with van der Waals surface area (Å²) < 4.78 is 0. The van der Waals surface area contributed by atoms with Gasteiger partial charge in [-0.2, -0.15) is 0 Å². The average molecular weight is 488 g/mol. The van der Waals surface area contributed by atoms with E-state index < -0.39 is 29.9 Å². The molecule has 0 radical (unpaired) electrons. The van der Waals surface area contributed by atoms with E-state index in [1.165, 1.54) is 12.6 Å². The molecule has 1 fully saturated rings. The van der Waals surface area contributed by atoms with E-state index in [2.05, 4.69) is 15.6 Å². The summed E-state index contributed by atoms with van der Waals surface area (Å²) in [6.45, 7) is 0. The molecule has 36 heavy (non-hydrogen) atoms. The van der Waals surface area contributed by atoms with Crippen molar-refractivity contribution in [2.45, 2.75) is 63.5 Å². The van der Waals surface area contributed by atoms with Crippen LogP contribution >= 0.6 is 0 Å². The molecule has 7 nitrogen and oxygen atoms in total. The lowest BCUT2D eigenvalue weighted by atomic mass is 9.84. The molecule has 1 aromatic heterocycles. The minimum Gasteiger partial charge on any atom is -0.480 e. The van der Waals surface area contributed by atoms with Crippen LogP contribution in [0.3, 0.4) is 0 Å². The fourth-order valence-corrected chi connectivity index (χ4v) is 4.91. The lowest BCUT2D eigenvalue weighted by molar-refractivity contribution is -0.142. The summed E-state index contributed by atoms with van der Waals surface area (Å²) in [5.74, 6) is -1.64. The number of rotatable bonds is 10. The molecule has 2 atom stereocenters. The van der Waals surface area contributed by atoms with E-state index in [9.17, 15) is 19.5 Å². The molecule has 1 heterocycles. The first-order valence-electron chi connectivity index (χ1n) is 12.7. The van der Waals surface area contributed by atoms with Gasteiger partial charge in [0.1, 0.15) is 12.1 Å². The molecular weight excluding hydrogens is 454 g/mol. The number of carbonyl (C=O) groups excluding carboxylic acids is 2. The average Bonchev–Trinajstić information content (AvgIpc) is 2.91. The van der Waals surface area contributed by atoms with Gasteiger partial charge in [-0.3, -0.25) is 14.6 Å². The Morgan fingerprint density at radius 3 is 2.39 bits per heavy atom. The molecule has 1 aliphatic rings. The minimum atomic E-state index is -1.04. The quantitative estimate of drug-likeness (QED) is 0.390. The summed E-state index contributed by atoms with van der Waals surface area (Å²) >= 11 is 0. The Morgan fingerprint density at radius 2 is 1.64 bits per heavy atom. The van der Waals surface area contributed by atoms with Crippen LogP contribution in [0.1, 0.15) is 60.9 Å². The number of hydrogen-bond acceptors (Lipinski definition) is 4. The maximum Gasteiger partial charge on any atom is 0.326 e. The Labute approximate surface area is 211 Å². The second kappa shape index (κ2) is 12.3. The number of amides is 2. The van der Waals surface area contributed by atoms with Crippen molar-refractivity contribution in [3.8, 4) is 0 Å². The molecule has 3 N–H and O–H groups in total. The molecule has 3 aromatic rings. The lowest BCUT2D eigenvalue weighted by Gasteiger charge is -2.26. The number of aliphatic carboxylic acids is 1. The fraction of sp³-hybridized carbons (Fsp3) is 0.379. The van der Waals surface area contributed by atoms with Crippen LogP contribution in [0.25, 0.3) is 10.9 Å². The van der Waals surface area contributed by atoms with Gasteiger partial charge in [0.15, 0.2) is 0 Å². The number of aromatic nitrogens is 1. The second-order valence-corrected chi connectivity index (χ2v) is 9.61. The first-order valence-corrected chi connectivity index (χ1v) is 12.7. The van der Waals surface area contributed by atoms with Crippen molar-refractivity contribution in [1.82, 2.24) is 15.6 Å². The molecule has 0 spiro atoms. The molecule has 0 aliphatic heterocycles. The van der Waals surface area contributed by atoms with E-state index in [0.29, 0.717) is 30.7 Å². The fourth-order valence-electron chi connectivity index (χ4n) is 4.91. The van der Waals surface area contributed by atoms with Crippen LogP contribution in [0, 0.1) is 5.92 Å². The third-order valence-electron chi connectivity index (χ3n) is 6.95. The van der Waals surface area contributed by atoms with Gasteiger partial charge in [0.25, 0.3) is 5.91 Å². The van der Waals surface area contributed by atoms with E-state index in [4.69, 9.17) is 0 Å². The number of nitrogens with zero attached hydrogens (tertiary/aromatic N) is 1. The van der Waals surface area contributed by atoms with Gasteiger partial charge in [-0.15, -0.1) is 0 Å². The number of nitrogens with one attached hydrogen (secondary N) is 2. The number of carboxylic acid groups (broad SMARTS) is 1. The van der Waals surface area contributed by atoms with Gasteiger partial charge in [0.05, 0.1) is 11.1 Å². The Hall–Kier alpha value is -3.74. The Morgan fingerprint density at radius 1 is 0.917 bits per heavy atom. The van der Waals surface area contributed by atoms with Crippen molar-refractivity contribution in [3.05, 3.63) is 78.0 Å². The van der Waals surface area contributed by atoms with Gasteiger partial charge in [-0.25, -0.2) is 4.79 Å². The van der Waals surface area contributed by atoms with Gasteiger partial charge in [0.2, 0.25) is 5.91 Å². The number of hydrogen-bond donors (Lipinski definition) is 3. The maximum absolute atomic E-state index is 13.3. The SMILES string of the molecule is O=C(N[C@@H](CCc1ccccc1)C(=O)N[C@@H](CC1CCCCC1)C(=O)O)c1cnc2ccccc2c1. The van der Waals surface area contributed by atoms with E-state index in [1.807, 2.05) is 54.6 Å². The number of aryl methyl sites for hydroxylation is 1. The summed E-state index contributed by atoms with van der Waals surface area (Å²) in [6.07, 6.45) is 8.17. The van der Waals surface area contributed by atoms with E-state index in [-0.39, 0.29) is 0 Å². The highest BCUT2D eigenvalue weighted by Crippen LogP contribution is 2.27. The monoisotopic (exact) mass is 487 g/mol. The Balaban J connectivity index is 1.48. The topological polar surface area (TPSA) is 108 Å².